The van der Waals surface area contributed by atoms with Gasteiger partial charge in [0.15, 0.2) is 0 Å². The first-order valence-corrected chi connectivity index (χ1v) is 7.14. The van der Waals surface area contributed by atoms with E-state index in [2.05, 4.69) is 21.8 Å². The summed E-state index contributed by atoms with van der Waals surface area (Å²) in [6.07, 6.45) is 4.57. The number of nitrogens with zero attached hydrogens (tertiary/aromatic N) is 3. The maximum atomic E-state index is 12.4. The molecule has 0 saturated carbocycles. The van der Waals surface area contributed by atoms with Gasteiger partial charge >= 0.3 is 0 Å². The Kier molecular flexibility index (Phi) is 6.92. The van der Waals surface area contributed by atoms with Crippen LogP contribution in [0, 0.1) is 6.92 Å². The van der Waals surface area contributed by atoms with Crippen LogP contribution < -0.4 is 0 Å². The molecule has 0 aliphatic rings. The Balaban J connectivity index is 2.99. The van der Waals surface area contributed by atoms with Crippen LogP contribution in [-0.2, 0) is 19.4 Å². The van der Waals surface area contributed by atoms with E-state index in [0.717, 1.165) is 55.0 Å². The van der Waals surface area contributed by atoms with E-state index in [4.69, 9.17) is 0 Å². The summed E-state index contributed by atoms with van der Waals surface area (Å²) in [5.41, 5.74) is 3.31. The number of alkyl halides is 1. The van der Waals surface area contributed by atoms with Gasteiger partial charge in [-0.1, -0.05) is 13.3 Å². The molecule has 3 nitrogen and oxygen atoms in total. The summed E-state index contributed by atoms with van der Waals surface area (Å²) in [6.45, 7) is 4.68. The quantitative estimate of drug-likeness (QED) is 0.725. The molecule has 0 amide bonds. The predicted octanol–water partition coefficient (Wildman–Crippen LogP) is 3.09. The third-order valence-corrected chi connectivity index (χ3v) is 3.13. The molecule has 0 spiro atoms. The fourth-order valence-corrected chi connectivity index (χ4v) is 2.19. The van der Waals surface area contributed by atoms with E-state index in [1.54, 1.807) is 0 Å². The maximum absolute atomic E-state index is 12.4. The van der Waals surface area contributed by atoms with Gasteiger partial charge in [-0.05, 0) is 52.3 Å². The lowest BCUT2D eigenvalue weighted by atomic mass is 10.0. The van der Waals surface area contributed by atoms with Crippen molar-refractivity contribution in [3.05, 3.63) is 22.8 Å². The fraction of sp³-hybridized carbons (Fsp3) is 0.733. The largest absolute Gasteiger partial charge is 0.302 e. The van der Waals surface area contributed by atoms with Crippen molar-refractivity contribution in [2.75, 3.05) is 20.8 Å². The maximum Gasteiger partial charge on any atom is 0.142 e. The third kappa shape index (κ3) is 5.23. The molecule has 0 atom stereocenters. The van der Waals surface area contributed by atoms with Crippen LogP contribution in [-0.4, -0.2) is 35.6 Å². The topological polar surface area (TPSA) is 29.0 Å². The highest BCUT2D eigenvalue weighted by Crippen LogP contribution is 2.16. The average Bonchev–Trinajstić information content (AvgIpc) is 2.34. The van der Waals surface area contributed by atoms with Crippen molar-refractivity contribution in [3.8, 4) is 0 Å². The van der Waals surface area contributed by atoms with E-state index < -0.39 is 0 Å². The SMILES string of the molecule is CCCCc1nc(CN(C)C)nc(C)c1CCCF. The van der Waals surface area contributed by atoms with Crippen LogP contribution in [0.25, 0.3) is 0 Å². The highest BCUT2D eigenvalue weighted by molar-refractivity contribution is 5.26. The van der Waals surface area contributed by atoms with Crippen molar-refractivity contribution in [3.63, 3.8) is 0 Å². The molecule has 19 heavy (non-hydrogen) atoms. The molecule has 0 aliphatic heterocycles. The zero-order valence-corrected chi connectivity index (χ0v) is 12.7. The van der Waals surface area contributed by atoms with Crippen molar-refractivity contribution in [1.29, 1.82) is 0 Å². The lowest BCUT2D eigenvalue weighted by molar-refractivity contribution is 0.388. The average molecular weight is 267 g/mol. The Labute approximate surface area is 116 Å². The zero-order valence-electron chi connectivity index (χ0n) is 12.7. The number of hydrogen-bond donors (Lipinski definition) is 0. The second-order valence-corrected chi connectivity index (χ2v) is 5.28. The predicted molar refractivity (Wildman–Crippen MR) is 77.1 cm³/mol. The first kappa shape index (κ1) is 16.0. The van der Waals surface area contributed by atoms with E-state index in [9.17, 15) is 4.39 Å². The van der Waals surface area contributed by atoms with Crippen molar-refractivity contribution < 1.29 is 4.39 Å². The Morgan fingerprint density at radius 2 is 1.84 bits per heavy atom. The lowest BCUT2D eigenvalue weighted by Gasteiger charge is -2.15. The minimum Gasteiger partial charge on any atom is -0.302 e. The van der Waals surface area contributed by atoms with Gasteiger partial charge in [0.25, 0.3) is 0 Å². The summed E-state index contributed by atoms with van der Waals surface area (Å²) in [7, 11) is 4.03. The van der Waals surface area contributed by atoms with E-state index in [1.807, 2.05) is 21.0 Å². The van der Waals surface area contributed by atoms with Crippen molar-refractivity contribution >= 4 is 0 Å². The Bertz CT molecular complexity index is 391. The van der Waals surface area contributed by atoms with Crippen molar-refractivity contribution in [2.24, 2.45) is 0 Å². The second kappa shape index (κ2) is 8.20. The molecule has 1 aromatic rings. The standard InChI is InChI=1S/C15H26FN3/c1-5-6-9-14-13(8-7-10-16)12(2)17-15(18-14)11-19(3)4/h5-11H2,1-4H3. The molecule has 0 aliphatic carbocycles. The molecule has 1 aromatic heterocycles. The second-order valence-electron chi connectivity index (χ2n) is 5.28. The summed E-state index contributed by atoms with van der Waals surface area (Å²) in [5, 5.41) is 0. The molecule has 0 fully saturated rings. The van der Waals surface area contributed by atoms with Gasteiger partial charge in [0, 0.05) is 11.4 Å². The van der Waals surface area contributed by atoms with Crippen LogP contribution >= 0.6 is 0 Å². The number of rotatable bonds is 8. The summed E-state index contributed by atoms with van der Waals surface area (Å²) < 4.78 is 12.4. The third-order valence-electron chi connectivity index (χ3n) is 3.13. The first-order chi connectivity index (χ1) is 9.08. The molecule has 0 aromatic carbocycles. The van der Waals surface area contributed by atoms with Gasteiger partial charge in [-0.15, -0.1) is 0 Å². The molecular weight excluding hydrogens is 241 g/mol. The number of aryl methyl sites for hydroxylation is 2. The summed E-state index contributed by atoms with van der Waals surface area (Å²) >= 11 is 0. The monoisotopic (exact) mass is 267 g/mol. The molecule has 4 heteroatoms. The number of hydrogen-bond acceptors (Lipinski definition) is 3. The van der Waals surface area contributed by atoms with Gasteiger partial charge in [-0.2, -0.15) is 0 Å². The van der Waals surface area contributed by atoms with Crippen LogP contribution in [0.15, 0.2) is 0 Å². The highest BCUT2D eigenvalue weighted by atomic mass is 19.1. The highest BCUT2D eigenvalue weighted by Gasteiger charge is 2.11. The van der Waals surface area contributed by atoms with Gasteiger partial charge in [0.1, 0.15) is 5.82 Å². The minimum atomic E-state index is -0.272. The van der Waals surface area contributed by atoms with Crippen LogP contribution in [0.3, 0.4) is 0 Å². The summed E-state index contributed by atoms with van der Waals surface area (Å²) in [5.74, 6) is 0.873. The molecule has 1 rings (SSSR count). The minimum absolute atomic E-state index is 0.272. The molecule has 0 unspecified atom stereocenters. The number of halogens is 1. The van der Waals surface area contributed by atoms with Gasteiger partial charge in [-0.25, -0.2) is 9.97 Å². The molecular formula is C15H26FN3. The van der Waals surface area contributed by atoms with Gasteiger partial charge in [-0.3, -0.25) is 4.39 Å². The van der Waals surface area contributed by atoms with E-state index in [1.165, 1.54) is 0 Å². The Hall–Kier alpha value is -1.03. The molecule has 0 N–H and O–H groups in total. The number of aromatic nitrogens is 2. The van der Waals surface area contributed by atoms with E-state index >= 15 is 0 Å². The van der Waals surface area contributed by atoms with Gasteiger partial charge in [0.2, 0.25) is 0 Å². The Morgan fingerprint density at radius 1 is 1.11 bits per heavy atom. The lowest BCUT2D eigenvalue weighted by Crippen LogP contribution is -2.16. The molecule has 1 heterocycles. The Morgan fingerprint density at radius 3 is 2.42 bits per heavy atom. The van der Waals surface area contributed by atoms with E-state index in [-0.39, 0.29) is 6.67 Å². The molecule has 108 valence electrons. The van der Waals surface area contributed by atoms with Crippen LogP contribution in [0.5, 0.6) is 0 Å². The zero-order chi connectivity index (χ0) is 14.3. The van der Waals surface area contributed by atoms with E-state index in [0.29, 0.717) is 6.42 Å². The van der Waals surface area contributed by atoms with Crippen LogP contribution in [0.1, 0.15) is 49.0 Å². The first-order valence-electron chi connectivity index (χ1n) is 7.14. The smallest absolute Gasteiger partial charge is 0.142 e. The molecule has 0 radical (unpaired) electrons. The van der Waals surface area contributed by atoms with Gasteiger partial charge < -0.3 is 4.90 Å². The van der Waals surface area contributed by atoms with Crippen LogP contribution in [0.2, 0.25) is 0 Å². The molecule has 0 saturated heterocycles. The molecule has 0 bridgehead atoms. The van der Waals surface area contributed by atoms with Crippen LogP contribution in [0.4, 0.5) is 4.39 Å². The van der Waals surface area contributed by atoms with Crippen molar-refractivity contribution in [1.82, 2.24) is 14.9 Å². The summed E-state index contributed by atoms with van der Waals surface area (Å²) in [6, 6.07) is 0. The fourth-order valence-electron chi connectivity index (χ4n) is 2.19. The van der Waals surface area contributed by atoms with Gasteiger partial charge in [0.05, 0.1) is 13.2 Å². The van der Waals surface area contributed by atoms with Crippen molar-refractivity contribution in [2.45, 2.75) is 52.5 Å². The summed E-state index contributed by atoms with van der Waals surface area (Å²) in [4.78, 5) is 11.3. The normalized spacial score (nSPS) is 11.3. The number of unbranched alkanes of at least 4 members (excludes halogenated alkanes) is 1.